The summed E-state index contributed by atoms with van der Waals surface area (Å²) in [5, 5.41) is 16.6. The van der Waals surface area contributed by atoms with Crippen LogP contribution in [-0.2, 0) is 11.6 Å². The highest BCUT2D eigenvalue weighted by Crippen LogP contribution is 2.44. The zero-order valence-corrected chi connectivity index (χ0v) is 33.4. The second kappa shape index (κ2) is 15.0. The lowest BCUT2D eigenvalue weighted by Gasteiger charge is -2.41. The first-order chi connectivity index (χ1) is 25.6. The summed E-state index contributed by atoms with van der Waals surface area (Å²) < 4.78 is 22.9. The number of nitrogens with one attached hydrogen (secondary N) is 3. The van der Waals surface area contributed by atoms with E-state index in [9.17, 15) is 4.57 Å². The molecule has 3 aromatic heterocycles. The predicted molar refractivity (Wildman–Crippen MR) is 218 cm³/mol. The van der Waals surface area contributed by atoms with E-state index in [1.54, 1.807) is 19.5 Å². The molecule has 1 aliphatic carbocycles. The van der Waals surface area contributed by atoms with E-state index in [0.29, 0.717) is 22.3 Å². The zero-order valence-electron chi connectivity index (χ0n) is 30.9. The van der Waals surface area contributed by atoms with Gasteiger partial charge in [-0.2, -0.15) is 10.1 Å². The van der Waals surface area contributed by atoms with Crippen LogP contribution in [0.3, 0.4) is 0 Å². The van der Waals surface area contributed by atoms with Crippen molar-refractivity contribution < 1.29 is 9.30 Å². The summed E-state index contributed by atoms with van der Waals surface area (Å²) >= 11 is 3.66. The first kappa shape index (κ1) is 36.0. The van der Waals surface area contributed by atoms with E-state index >= 15 is 0 Å². The number of piperazine rings is 1. The molecule has 53 heavy (non-hydrogen) atoms. The van der Waals surface area contributed by atoms with Gasteiger partial charge < -0.3 is 30.2 Å². The smallest absolute Gasteiger partial charge is 0.229 e. The summed E-state index contributed by atoms with van der Waals surface area (Å²) in [4.78, 5) is 19.5. The topological polar surface area (TPSA) is 125 Å². The number of rotatable bonds is 10. The van der Waals surface area contributed by atoms with Gasteiger partial charge in [0.05, 0.1) is 33.7 Å². The van der Waals surface area contributed by atoms with Gasteiger partial charge in [0.1, 0.15) is 18.7 Å². The van der Waals surface area contributed by atoms with E-state index in [2.05, 4.69) is 75.1 Å². The maximum atomic E-state index is 13.7. The van der Waals surface area contributed by atoms with E-state index in [4.69, 9.17) is 9.72 Å². The van der Waals surface area contributed by atoms with E-state index in [1.807, 2.05) is 49.1 Å². The Hall–Kier alpha value is -4.03. The predicted octanol–water partition coefficient (Wildman–Crippen LogP) is 7.04. The number of nitrogens with zero attached hydrogens (tertiary/aromatic N) is 7. The first-order valence-corrected chi connectivity index (χ1v) is 22.0. The molecule has 0 amide bonds. The number of fused-ring (bicyclic) bond motifs is 1. The highest BCUT2D eigenvalue weighted by atomic mass is 79.9. The van der Waals surface area contributed by atoms with Crippen molar-refractivity contribution in [1.82, 2.24) is 34.9 Å². The van der Waals surface area contributed by atoms with Crippen LogP contribution in [0, 0.1) is 6.92 Å². The molecule has 2 saturated heterocycles. The van der Waals surface area contributed by atoms with Crippen LogP contribution in [-0.4, -0.2) is 94.4 Å². The molecule has 1 saturated carbocycles. The number of pyridine rings is 1. The molecular formula is C39H48BrN10O2P. The Kier molecular flexibility index (Phi) is 10.2. The van der Waals surface area contributed by atoms with Crippen molar-refractivity contribution >= 4 is 68.1 Å². The third kappa shape index (κ3) is 7.80. The van der Waals surface area contributed by atoms with Crippen LogP contribution >= 0.6 is 23.1 Å². The van der Waals surface area contributed by atoms with E-state index in [0.717, 1.165) is 121 Å². The van der Waals surface area contributed by atoms with E-state index < -0.39 is 7.14 Å². The fourth-order valence-corrected chi connectivity index (χ4v) is 9.51. The lowest BCUT2D eigenvalue weighted by Crippen LogP contribution is -2.52. The molecule has 14 heteroatoms. The maximum absolute atomic E-state index is 13.7. The molecule has 0 unspecified atom stereocenters. The van der Waals surface area contributed by atoms with Gasteiger partial charge in [-0.3, -0.25) is 14.6 Å². The van der Waals surface area contributed by atoms with Gasteiger partial charge in [-0.05, 0) is 92.6 Å². The minimum atomic E-state index is -2.72. The summed E-state index contributed by atoms with van der Waals surface area (Å²) in [7, 11) is -0.770. The van der Waals surface area contributed by atoms with Crippen LogP contribution in [0.4, 0.5) is 28.8 Å². The van der Waals surface area contributed by atoms with Crippen LogP contribution in [0.5, 0.6) is 5.75 Å². The second-order valence-corrected chi connectivity index (χ2v) is 18.9. The van der Waals surface area contributed by atoms with Crippen molar-refractivity contribution in [3.8, 4) is 16.9 Å². The van der Waals surface area contributed by atoms with Gasteiger partial charge in [0.15, 0.2) is 0 Å². The van der Waals surface area contributed by atoms with Crippen LogP contribution < -0.4 is 30.9 Å². The summed E-state index contributed by atoms with van der Waals surface area (Å²) in [6, 6.07) is 12.8. The van der Waals surface area contributed by atoms with Crippen molar-refractivity contribution in [1.29, 1.82) is 0 Å². The molecule has 5 aromatic rings. The van der Waals surface area contributed by atoms with Gasteiger partial charge in [0, 0.05) is 104 Å². The molecule has 0 atom stereocenters. The number of halogens is 1. The molecule has 0 radical (unpaired) electrons. The third-order valence-corrected chi connectivity index (χ3v) is 12.8. The second-order valence-electron chi connectivity index (χ2n) is 14.9. The number of piperidine rings is 1. The Morgan fingerprint density at radius 3 is 2.43 bits per heavy atom. The number of hydrogen-bond acceptors (Lipinski definition) is 11. The van der Waals surface area contributed by atoms with Crippen LogP contribution in [0.2, 0.25) is 0 Å². The number of hydrogen-bond donors (Lipinski definition) is 3. The van der Waals surface area contributed by atoms with Crippen molar-refractivity contribution in [3.63, 3.8) is 0 Å². The Labute approximate surface area is 319 Å². The molecule has 3 aliphatic rings. The van der Waals surface area contributed by atoms with Gasteiger partial charge in [0.2, 0.25) is 5.95 Å². The number of aryl methyl sites for hydroxylation is 2. The fourth-order valence-electron chi connectivity index (χ4n) is 7.74. The zero-order chi connectivity index (χ0) is 36.7. The molecule has 5 heterocycles. The normalized spacial score (nSPS) is 17.6. The number of aromatic nitrogens is 5. The molecule has 2 aromatic carbocycles. The fraction of sp³-hybridized carbons (Fsp3) is 0.436. The molecule has 8 rings (SSSR count). The molecular weight excluding hydrogens is 751 g/mol. The summed E-state index contributed by atoms with van der Waals surface area (Å²) in [6.45, 7) is 11.9. The monoisotopic (exact) mass is 798 g/mol. The van der Waals surface area contributed by atoms with Gasteiger partial charge in [-0.15, -0.1) is 0 Å². The van der Waals surface area contributed by atoms with Gasteiger partial charge in [-0.1, -0.05) is 6.07 Å². The highest BCUT2D eigenvalue weighted by Gasteiger charge is 2.29. The third-order valence-electron chi connectivity index (χ3n) is 10.7. The summed E-state index contributed by atoms with van der Waals surface area (Å²) in [5.41, 5.74) is 6.53. The van der Waals surface area contributed by atoms with Crippen molar-refractivity contribution in [2.45, 2.75) is 51.2 Å². The van der Waals surface area contributed by atoms with E-state index in [-0.39, 0.29) is 6.10 Å². The number of ether oxygens (including phenoxy) is 1. The van der Waals surface area contributed by atoms with Crippen LogP contribution in [0.1, 0.15) is 37.8 Å². The van der Waals surface area contributed by atoms with Gasteiger partial charge in [-0.25, -0.2) is 4.98 Å². The highest BCUT2D eigenvalue weighted by molar-refractivity contribution is 9.10. The number of benzene rings is 2. The molecule has 0 bridgehead atoms. The Morgan fingerprint density at radius 1 is 0.943 bits per heavy atom. The molecule has 2 aliphatic heterocycles. The van der Waals surface area contributed by atoms with Crippen LogP contribution in [0.25, 0.3) is 22.0 Å². The molecule has 12 nitrogen and oxygen atoms in total. The lowest BCUT2D eigenvalue weighted by molar-refractivity contribution is 0.121. The SMILES string of the molecule is Cc1ccc2c(P(C)(C)=O)c(Nc3nc(Nc4cc(-c5cnn(C)c5)c(N5CCC(N6CCNCC6)CC5)cc4OC4CCC4)ncc3Br)ccc2n1. The molecule has 3 fully saturated rings. The van der Waals surface area contributed by atoms with Gasteiger partial charge >= 0.3 is 0 Å². The first-order valence-electron chi connectivity index (χ1n) is 18.6. The summed E-state index contributed by atoms with van der Waals surface area (Å²) in [6.07, 6.45) is 11.4. The Morgan fingerprint density at radius 2 is 1.74 bits per heavy atom. The minimum absolute atomic E-state index is 0.178. The van der Waals surface area contributed by atoms with Crippen molar-refractivity contribution in [2.75, 3.05) is 68.1 Å². The Balaban J connectivity index is 1.13. The van der Waals surface area contributed by atoms with Gasteiger partial charge in [0.25, 0.3) is 0 Å². The van der Waals surface area contributed by atoms with Crippen molar-refractivity contribution in [2.24, 2.45) is 7.05 Å². The standard InChI is InChI=1S/C39H48BrN10O2P/c1-25-8-9-29-32(44-25)10-11-33(37(29)53(3,4)51)45-38-31(40)23-42-39(47-38)46-34-20-30(26-22-43-48(2)24-26)35(21-36(34)52-28-6-5-7-28)50-16-12-27(13-17-50)49-18-14-41-15-19-49/h8-11,20-24,27-28,41H,5-7,12-19H2,1-4H3,(H2,42,45,46,47). The molecule has 278 valence electrons. The average Bonchev–Trinajstić information content (AvgIpc) is 3.57. The minimum Gasteiger partial charge on any atom is -0.488 e. The Bertz CT molecular complexity index is 2170. The maximum Gasteiger partial charge on any atom is 0.229 e. The van der Waals surface area contributed by atoms with Crippen LogP contribution in [0.15, 0.2) is 59.5 Å². The van der Waals surface area contributed by atoms with E-state index in [1.165, 1.54) is 6.42 Å². The summed E-state index contributed by atoms with van der Waals surface area (Å²) in [5.74, 6) is 1.75. The largest absolute Gasteiger partial charge is 0.488 e. The molecule has 3 N–H and O–H groups in total. The quantitative estimate of drug-likeness (QED) is 0.126. The van der Waals surface area contributed by atoms with Crippen molar-refractivity contribution in [3.05, 3.63) is 65.2 Å². The lowest BCUT2D eigenvalue weighted by atomic mass is 9.95. The number of anilines is 5. The molecule has 0 spiro atoms. The average molecular weight is 800 g/mol.